The molecule has 0 aromatic heterocycles. The highest BCUT2D eigenvalue weighted by Gasteiger charge is 2.22. The fourth-order valence-corrected chi connectivity index (χ4v) is 1.93. The highest BCUT2D eigenvalue weighted by molar-refractivity contribution is 6.01. The number of hydrazone groups is 1. The van der Waals surface area contributed by atoms with Crippen LogP contribution in [0.5, 0.6) is 0 Å². The zero-order valence-electron chi connectivity index (χ0n) is 13.3. The van der Waals surface area contributed by atoms with E-state index in [0.29, 0.717) is 24.4 Å². The van der Waals surface area contributed by atoms with Crippen LogP contribution >= 0.6 is 0 Å². The number of rotatable bonds is 7. The molecule has 1 atom stereocenters. The van der Waals surface area contributed by atoms with Gasteiger partial charge in [-0.3, -0.25) is 4.79 Å². The molecule has 0 fully saturated rings. The van der Waals surface area contributed by atoms with E-state index in [4.69, 9.17) is 4.74 Å². The summed E-state index contributed by atoms with van der Waals surface area (Å²) in [6.07, 6.45) is 1.46. The average Bonchev–Trinajstić information content (AvgIpc) is 2.51. The normalized spacial score (nSPS) is 12.4. The van der Waals surface area contributed by atoms with E-state index in [1.165, 1.54) is 0 Å². The number of esters is 1. The Bertz CT molecular complexity index is 515. The summed E-state index contributed by atoms with van der Waals surface area (Å²) >= 11 is 0. The molecule has 0 aliphatic carbocycles. The minimum Gasteiger partial charge on any atom is -0.465 e. The maximum absolute atomic E-state index is 11.9. The first-order chi connectivity index (χ1) is 10.6. The number of amides is 2. The van der Waals surface area contributed by atoms with Gasteiger partial charge in [0.05, 0.1) is 12.5 Å². The molecule has 0 spiro atoms. The fourth-order valence-electron chi connectivity index (χ4n) is 1.93. The van der Waals surface area contributed by atoms with Crippen molar-refractivity contribution in [2.24, 2.45) is 11.0 Å². The molecule has 1 aromatic rings. The van der Waals surface area contributed by atoms with Crippen LogP contribution in [0.2, 0.25) is 0 Å². The number of para-hydroxylation sites is 1. The van der Waals surface area contributed by atoms with Crippen LogP contribution in [-0.2, 0) is 9.53 Å². The highest BCUT2D eigenvalue weighted by atomic mass is 16.5. The van der Waals surface area contributed by atoms with Gasteiger partial charge in [-0.05, 0) is 32.4 Å². The molecule has 120 valence electrons. The number of carbonyl (C=O) groups is 2. The van der Waals surface area contributed by atoms with Gasteiger partial charge in [-0.2, -0.15) is 5.10 Å². The van der Waals surface area contributed by atoms with Crippen LogP contribution in [0, 0.1) is 5.92 Å². The second kappa shape index (κ2) is 9.55. The quantitative estimate of drug-likeness (QED) is 0.461. The van der Waals surface area contributed by atoms with Crippen molar-refractivity contribution in [3.63, 3.8) is 0 Å². The van der Waals surface area contributed by atoms with Gasteiger partial charge in [-0.1, -0.05) is 31.5 Å². The minimum atomic E-state index is -0.454. The van der Waals surface area contributed by atoms with E-state index in [2.05, 4.69) is 15.8 Å². The highest BCUT2D eigenvalue weighted by Crippen LogP contribution is 2.11. The molecule has 2 N–H and O–H groups in total. The van der Waals surface area contributed by atoms with Gasteiger partial charge < -0.3 is 10.1 Å². The molecule has 1 aromatic carbocycles. The van der Waals surface area contributed by atoms with Gasteiger partial charge in [0.2, 0.25) is 0 Å². The molecular formula is C16H23N3O3. The molecule has 6 nitrogen and oxygen atoms in total. The van der Waals surface area contributed by atoms with Crippen LogP contribution in [-0.4, -0.2) is 24.3 Å². The SMILES string of the molecule is CCC[C@@H](C(=O)OCC)/C(C)=N/NC(=O)Nc1ccccc1. The summed E-state index contributed by atoms with van der Waals surface area (Å²) in [7, 11) is 0. The second-order valence-corrected chi connectivity index (χ2v) is 4.78. The number of carbonyl (C=O) groups excluding carboxylic acids is 2. The van der Waals surface area contributed by atoms with Crippen LogP contribution in [0.1, 0.15) is 33.6 Å². The van der Waals surface area contributed by atoms with Crippen molar-refractivity contribution in [3.05, 3.63) is 30.3 Å². The number of nitrogens with one attached hydrogen (secondary N) is 2. The molecule has 2 amide bonds. The molecule has 1 rings (SSSR count). The molecule has 22 heavy (non-hydrogen) atoms. The van der Waals surface area contributed by atoms with Crippen LogP contribution in [0.25, 0.3) is 0 Å². The zero-order chi connectivity index (χ0) is 16.4. The molecular weight excluding hydrogens is 282 g/mol. The van der Waals surface area contributed by atoms with Crippen molar-refractivity contribution in [1.82, 2.24) is 5.43 Å². The number of urea groups is 1. The lowest BCUT2D eigenvalue weighted by molar-refractivity contribution is -0.145. The van der Waals surface area contributed by atoms with E-state index in [0.717, 1.165) is 6.42 Å². The summed E-state index contributed by atoms with van der Waals surface area (Å²) in [5.41, 5.74) is 3.60. The first kappa shape index (κ1) is 17.7. The largest absolute Gasteiger partial charge is 0.465 e. The van der Waals surface area contributed by atoms with E-state index in [1.807, 2.05) is 25.1 Å². The summed E-state index contributed by atoms with van der Waals surface area (Å²) < 4.78 is 5.03. The lowest BCUT2D eigenvalue weighted by Gasteiger charge is -2.14. The summed E-state index contributed by atoms with van der Waals surface area (Å²) in [4.78, 5) is 23.6. The van der Waals surface area contributed by atoms with Crippen LogP contribution < -0.4 is 10.7 Å². The molecule has 6 heteroatoms. The predicted molar refractivity (Wildman–Crippen MR) is 86.7 cm³/mol. The van der Waals surface area contributed by atoms with Gasteiger partial charge in [0.15, 0.2) is 0 Å². The maximum Gasteiger partial charge on any atom is 0.339 e. The van der Waals surface area contributed by atoms with Crippen molar-refractivity contribution in [1.29, 1.82) is 0 Å². The van der Waals surface area contributed by atoms with E-state index >= 15 is 0 Å². The zero-order valence-corrected chi connectivity index (χ0v) is 13.3. The van der Waals surface area contributed by atoms with E-state index in [9.17, 15) is 9.59 Å². The monoisotopic (exact) mass is 305 g/mol. The topological polar surface area (TPSA) is 79.8 Å². The molecule has 0 aliphatic rings. The minimum absolute atomic E-state index is 0.309. The molecule has 0 bridgehead atoms. The van der Waals surface area contributed by atoms with Crippen molar-refractivity contribution >= 4 is 23.4 Å². The first-order valence-electron chi connectivity index (χ1n) is 7.41. The molecule has 0 saturated carbocycles. The Balaban J connectivity index is 2.61. The van der Waals surface area contributed by atoms with Gasteiger partial charge in [-0.25, -0.2) is 10.2 Å². The summed E-state index contributed by atoms with van der Waals surface area (Å²) in [5.74, 6) is -0.738. The van der Waals surface area contributed by atoms with Gasteiger partial charge in [-0.15, -0.1) is 0 Å². The Hall–Kier alpha value is -2.37. The molecule has 0 heterocycles. The van der Waals surface area contributed by atoms with Crippen molar-refractivity contribution in [3.8, 4) is 0 Å². The van der Waals surface area contributed by atoms with Crippen molar-refractivity contribution < 1.29 is 14.3 Å². The first-order valence-corrected chi connectivity index (χ1v) is 7.41. The Labute approximate surface area is 130 Å². The smallest absolute Gasteiger partial charge is 0.339 e. The molecule has 0 unspecified atom stereocenters. The standard InChI is InChI=1S/C16H23N3O3/c1-4-9-14(15(20)22-5-2)12(3)18-19-16(21)17-13-10-7-6-8-11-13/h6-8,10-11,14H,4-5,9H2,1-3H3,(H2,17,19,21)/b18-12+/t14-/m1/s1. The van der Waals surface area contributed by atoms with Crippen molar-refractivity contribution in [2.75, 3.05) is 11.9 Å². The average molecular weight is 305 g/mol. The van der Waals surface area contributed by atoms with Gasteiger partial charge in [0.25, 0.3) is 0 Å². The third-order valence-electron chi connectivity index (χ3n) is 3.02. The van der Waals surface area contributed by atoms with E-state index in [1.54, 1.807) is 26.0 Å². The van der Waals surface area contributed by atoms with Gasteiger partial charge in [0.1, 0.15) is 0 Å². The summed E-state index contributed by atoms with van der Waals surface area (Å²) in [6.45, 7) is 5.78. The van der Waals surface area contributed by atoms with Gasteiger partial charge in [0, 0.05) is 11.4 Å². The maximum atomic E-state index is 11.9. The second-order valence-electron chi connectivity index (χ2n) is 4.78. The Kier molecular flexibility index (Phi) is 7.67. The van der Waals surface area contributed by atoms with Crippen molar-refractivity contribution in [2.45, 2.75) is 33.6 Å². The van der Waals surface area contributed by atoms with E-state index < -0.39 is 11.9 Å². The van der Waals surface area contributed by atoms with Crippen LogP contribution in [0.15, 0.2) is 35.4 Å². The fraction of sp³-hybridized carbons (Fsp3) is 0.438. The van der Waals surface area contributed by atoms with Crippen LogP contribution in [0.3, 0.4) is 0 Å². The predicted octanol–water partition coefficient (Wildman–Crippen LogP) is 3.16. The van der Waals surface area contributed by atoms with Gasteiger partial charge >= 0.3 is 12.0 Å². The number of nitrogens with zero attached hydrogens (tertiary/aromatic N) is 1. The van der Waals surface area contributed by atoms with Crippen LogP contribution in [0.4, 0.5) is 10.5 Å². The third kappa shape index (κ3) is 5.95. The number of anilines is 1. The summed E-state index contributed by atoms with van der Waals surface area (Å²) in [5, 5.41) is 6.65. The number of benzene rings is 1. The summed E-state index contributed by atoms with van der Waals surface area (Å²) in [6, 6.07) is 8.60. The molecule has 0 aliphatic heterocycles. The Morgan fingerprint density at radius 3 is 2.50 bits per heavy atom. The number of ether oxygens (including phenoxy) is 1. The Morgan fingerprint density at radius 1 is 1.23 bits per heavy atom. The Morgan fingerprint density at radius 2 is 1.91 bits per heavy atom. The molecule has 0 saturated heterocycles. The lowest BCUT2D eigenvalue weighted by atomic mass is 9.99. The number of hydrogen-bond donors (Lipinski definition) is 2. The lowest BCUT2D eigenvalue weighted by Crippen LogP contribution is -2.29. The number of hydrogen-bond acceptors (Lipinski definition) is 4. The van der Waals surface area contributed by atoms with E-state index in [-0.39, 0.29) is 5.97 Å². The molecule has 0 radical (unpaired) electrons. The third-order valence-corrected chi connectivity index (χ3v) is 3.02.